The van der Waals surface area contributed by atoms with Gasteiger partial charge in [-0.15, -0.1) is 11.3 Å². The van der Waals surface area contributed by atoms with Crippen LogP contribution >= 0.6 is 22.9 Å². The smallest absolute Gasteiger partial charge is 0.394 e. The lowest BCUT2D eigenvalue weighted by Gasteiger charge is -2.10. The van der Waals surface area contributed by atoms with Gasteiger partial charge < -0.3 is 5.11 Å². The van der Waals surface area contributed by atoms with Gasteiger partial charge in [0, 0.05) is 7.05 Å². The zero-order chi connectivity index (χ0) is 10.0. The third-order valence-corrected chi connectivity index (χ3v) is 2.68. The highest BCUT2D eigenvalue weighted by Crippen LogP contribution is 2.28. The summed E-state index contributed by atoms with van der Waals surface area (Å²) >= 11 is 6.77. The van der Waals surface area contributed by atoms with Crippen LogP contribution < -0.4 is 4.90 Å². The number of carbonyl (C=O) groups excluding carboxylic acids is 1. The first-order chi connectivity index (χ1) is 6.02. The second-order valence-electron chi connectivity index (χ2n) is 2.25. The molecule has 1 N–H and O–H groups in total. The van der Waals surface area contributed by atoms with Crippen molar-refractivity contribution in [2.45, 2.75) is 0 Å². The van der Waals surface area contributed by atoms with Gasteiger partial charge in [-0.2, -0.15) is 0 Å². The number of rotatable bonds is 1. The lowest BCUT2D eigenvalue weighted by Crippen LogP contribution is -2.32. The molecule has 13 heavy (non-hydrogen) atoms. The van der Waals surface area contributed by atoms with E-state index in [2.05, 4.69) is 0 Å². The van der Waals surface area contributed by atoms with Gasteiger partial charge in [-0.25, -0.2) is 4.79 Å². The second-order valence-corrected chi connectivity index (χ2v) is 3.94. The average molecular weight is 220 g/mol. The van der Waals surface area contributed by atoms with Gasteiger partial charge in [0.2, 0.25) is 0 Å². The van der Waals surface area contributed by atoms with Crippen molar-refractivity contribution in [3.63, 3.8) is 0 Å². The molecule has 6 heteroatoms. The number of thiophene rings is 1. The molecule has 1 aromatic heterocycles. The maximum absolute atomic E-state index is 10.9. The van der Waals surface area contributed by atoms with Crippen LogP contribution in [0.25, 0.3) is 0 Å². The fourth-order valence-corrected chi connectivity index (χ4v) is 1.72. The van der Waals surface area contributed by atoms with Gasteiger partial charge >= 0.3 is 11.9 Å². The van der Waals surface area contributed by atoms with Crippen LogP contribution in [0.2, 0.25) is 4.34 Å². The molecule has 0 aliphatic rings. The van der Waals surface area contributed by atoms with Crippen molar-refractivity contribution >= 4 is 39.8 Å². The van der Waals surface area contributed by atoms with Gasteiger partial charge in [-0.3, -0.25) is 9.69 Å². The Labute approximate surface area is 83.3 Å². The number of likely N-dealkylation sites (N-methyl/N-ethyl adjacent to an activating group) is 1. The third kappa shape index (κ3) is 2.19. The molecule has 0 aliphatic carbocycles. The highest BCUT2D eigenvalue weighted by molar-refractivity contribution is 7.20. The van der Waals surface area contributed by atoms with E-state index in [4.69, 9.17) is 16.7 Å². The first-order valence-corrected chi connectivity index (χ1v) is 4.48. The molecule has 1 amide bonds. The minimum Gasteiger partial charge on any atom is -0.474 e. The SMILES string of the molecule is CN(C(=O)C(=O)O)c1ccc(Cl)s1. The molecular formula is C7H6ClNO3S. The van der Waals surface area contributed by atoms with Crippen molar-refractivity contribution in [1.29, 1.82) is 0 Å². The van der Waals surface area contributed by atoms with Crippen molar-refractivity contribution in [2.75, 3.05) is 11.9 Å². The Bertz CT molecular complexity index is 349. The quantitative estimate of drug-likeness (QED) is 0.728. The molecule has 1 aromatic rings. The Morgan fingerprint density at radius 2 is 2.15 bits per heavy atom. The van der Waals surface area contributed by atoms with E-state index in [0.717, 1.165) is 16.2 Å². The van der Waals surface area contributed by atoms with E-state index < -0.39 is 11.9 Å². The maximum atomic E-state index is 10.9. The van der Waals surface area contributed by atoms with E-state index in [1.807, 2.05) is 0 Å². The third-order valence-electron chi connectivity index (χ3n) is 1.38. The standard InChI is InChI=1S/C7H6ClNO3S/c1-9(6(10)7(11)12)5-3-2-4(8)13-5/h2-3H,1H3,(H,11,12). The van der Waals surface area contributed by atoms with Crippen molar-refractivity contribution in [1.82, 2.24) is 0 Å². The summed E-state index contributed by atoms with van der Waals surface area (Å²) in [6, 6.07) is 3.20. The molecular weight excluding hydrogens is 214 g/mol. The van der Waals surface area contributed by atoms with Crippen LogP contribution in [0.5, 0.6) is 0 Å². The summed E-state index contributed by atoms with van der Waals surface area (Å²) in [4.78, 5) is 22.3. The minimum absolute atomic E-state index is 0.511. The second kappa shape index (κ2) is 3.76. The fraction of sp³-hybridized carbons (Fsp3) is 0.143. The molecule has 0 fully saturated rings. The molecule has 70 valence electrons. The highest BCUT2D eigenvalue weighted by Gasteiger charge is 2.19. The van der Waals surface area contributed by atoms with Gasteiger partial charge in [-0.05, 0) is 12.1 Å². The predicted octanol–water partition coefficient (Wildman–Crippen LogP) is 1.45. The predicted molar refractivity (Wildman–Crippen MR) is 50.4 cm³/mol. The number of anilines is 1. The molecule has 0 unspecified atom stereocenters. The number of carboxylic acids is 1. The summed E-state index contributed by atoms with van der Waals surface area (Å²) in [5.74, 6) is -2.45. The van der Waals surface area contributed by atoms with E-state index in [1.165, 1.54) is 7.05 Å². The van der Waals surface area contributed by atoms with Crippen LogP contribution in [0, 0.1) is 0 Å². The average Bonchev–Trinajstić information content (AvgIpc) is 2.49. The van der Waals surface area contributed by atoms with Crippen molar-refractivity contribution in [3.05, 3.63) is 16.5 Å². The summed E-state index contributed by atoms with van der Waals surface area (Å²) in [5.41, 5.74) is 0. The summed E-state index contributed by atoms with van der Waals surface area (Å²) in [5, 5.41) is 8.91. The van der Waals surface area contributed by atoms with E-state index in [1.54, 1.807) is 12.1 Å². The number of hydrogen-bond donors (Lipinski definition) is 1. The Balaban J connectivity index is 2.85. The monoisotopic (exact) mass is 219 g/mol. The van der Waals surface area contributed by atoms with Gasteiger partial charge in [0.15, 0.2) is 0 Å². The lowest BCUT2D eigenvalue weighted by molar-refractivity contribution is -0.148. The Morgan fingerprint density at radius 1 is 1.54 bits per heavy atom. The van der Waals surface area contributed by atoms with Crippen LogP contribution in [-0.4, -0.2) is 24.0 Å². The molecule has 0 aromatic carbocycles. The maximum Gasteiger partial charge on any atom is 0.394 e. The Hall–Kier alpha value is -1.07. The van der Waals surface area contributed by atoms with Crippen LogP contribution in [0.4, 0.5) is 5.00 Å². The molecule has 0 spiro atoms. The van der Waals surface area contributed by atoms with Crippen LogP contribution in [0.3, 0.4) is 0 Å². The summed E-state index contributed by atoms with van der Waals surface area (Å²) < 4.78 is 0.514. The van der Waals surface area contributed by atoms with Gasteiger partial charge in [0.25, 0.3) is 0 Å². The normalized spacial score (nSPS) is 9.69. The molecule has 0 bridgehead atoms. The highest BCUT2D eigenvalue weighted by atomic mass is 35.5. The van der Waals surface area contributed by atoms with Gasteiger partial charge in [0.1, 0.15) is 0 Å². The van der Waals surface area contributed by atoms with E-state index in [9.17, 15) is 9.59 Å². The van der Waals surface area contributed by atoms with Crippen LogP contribution in [0.1, 0.15) is 0 Å². The summed E-state index contributed by atoms with van der Waals surface area (Å²) in [6.07, 6.45) is 0. The van der Waals surface area contributed by atoms with Crippen molar-refractivity contribution in [2.24, 2.45) is 0 Å². The van der Waals surface area contributed by atoms with Crippen LogP contribution in [0.15, 0.2) is 12.1 Å². The fourth-order valence-electron chi connectivity index (χ4n) is 0.729. The first kappa shape index (κ1) is 10.0. The zero-order valence-corrected chi connectivity index (χ0v) is 8.22. The minimum atomic E-state index is -1.48. The largest absolute Gasteiger partial charge is 0.474 e. The van der Waals surface area contributed by atoms with Crippen molar-refractivity contribution < 1.29 is 14.7 Å². The number of hydrogen-bond acceptors (Lipinski definition) is 3. The summed E-state index contributed by atoms with van der Waals surface area (Å²) in [7, 11) is 1.39. The van der Waals surface area contributed by atoms with E-state index in [-0.39, 0.29) is 0 Å². The van der Waals surface area contributed by atoms with Crippen LogP contribution in [-0.2, 0) is 9.59 Å². The Morgan fingerprint density at radius 3 is 2.54 bits per heavy atom. The zero-order valence-electron chi connectivity index (χ0n) is 6.65. The Kier molecular flexibility index (Phi) is 2.90. The molecule has 0 atom stereocenters. The number of carbonyl (C=O) groups is 2. The first-order valence-electron chi connectivity index (χ1n) is 3.28. The van der Waals surface area contributed by atoms with Crippen molar-refractivity contribution in [3.8, 4) is 0 Å². The number of aliphatic carboxylic acids is 1. The molecule has 4 nitrogen and oxygen atoms in total. The van der Waals surface area contributed by atoms with Gasteiger partial charge in [-0.1, -0.05) is 11.6 Å². The van der Waals surface area contributed by atoms with E-state index >= 15 is 0 Å². The summed E-state index contributed by atoms with van der Waals surface area (Å²) in [6.45, 7) is 0. The molecule has 1 rings (SSSR count). The number of nitrogens with zero attached hydrogens (tertiary/aromatic N) is 1. The van der Waals surface area contributed by atoms with Gasteiger partial charge in [0.05, 0.1) is 9.34 Å². The topological polar surface area (TPSA) is 57.6 Å². The molecule has 0 saturated carbocycles. The van der Waals surface area contributed by atoms with E-state index in [0.29, 0.717) is 9.34 Å². The lowest BCUT2D eigenvalue weighted by atomic mass is 10.5. The molecule has 0 saturated heterocycles. The molecule has 0 radical (unpaired) electrons. The number of carboxylic acid groups (broad SMARTS) is 1. The number of halogens is 1. The molecule has 0 aliphatic heterocycles. The molecule has 1 heterocycles. The number of amides is 1.